The minimum absolute atomic E-state index is 0.0557. The Kier molecular flexibility index (Phi) is 30.9. The number of Topliss-reactive ketones (excluding diaryl/α,β-unsaturated/α-hetero) is 4. The fourth-order valence-corrected chi connectivity index (χ4v) is 8.70. The molecule has 21 N–H and O–H groups in total. The molecule has 2 aromatic carbocycles. The molecule has 4 amide bonds. The number of anilines is 2. The Morgan fingerprint density at radius 2 is 0.854 bits per heavy atom. The lowest BCUT2D eigenvalue weighted by Gasteiger charge is -2.27. The number of hydrogen-bond acceptors (Lipinski definition) is 23. The maximum atomic E-state index is 14.1. The number of amides is 4. The number of aliphatic carboxylic acids is 3. The van der Waals surface area contributed by atoms with Crippen molar-refractivity contribution in [2.24, 2.45) is 33.2 Å². The number of benzene rings is 2. The van der Waals surface area contributed by atoms with Crippen LogP contribution in [0.15, 0.2) is 58.3 Å². The molecule has 0 aromatic heterocycles. The minimum atomic E-state index is -4.13. The van der Waals surface area contributed by atoms with E-state index < -0.39 is 160 Å². The maximum Gasteiger partial charge on any atom is 0.317 e. The van der Waals surface area contributed by atoms with Gasteiger partial charge in [-0.1, -0.05) is 12.8 Å². The van der Waals surface area contributed by atoms with E-state index in [2.05, 4.69) is 32.1 Å². The van der Waals surface area contributed by atoms with Crippen molar-refractivity contribution in [2.75, 3.05) is 69.5 Å². The summed E-state index contributed by atoms with van der Waals surface area (Å²) in [5.41, 5.74) is 27.8. The van der Waals surface area contributed by atoms with Gasteiger partial charge in [0.15, 0.2) is 0 Å². The van der Waals surface area contributed by atoms with Crippen LogP contribution >= 0.6 is 0 Å². The van der Waals surface area contributed by atoms with E-state index in [-0.39, 0.29) is 85.9 Å². The fraction of sp³-hybridized carbons (Fsp3) is 0.521. The van der Waals surface area contributed by atoms with Crippen molar-refractivity contribution < 1.29 is 84.9 Å². The fourth-order valence-electron chi connectivity index (χ4n) is 7.67. The number of sulfonamides is 2. The number of rotatable bonds is 43. The van der Waals surface area contributed by atoms with Gasteiger partial charge in [0.1, 0.15) is 6.04 Å². The van der Waals surface area contributed by atoms with Crippen LogP contribution in [0.5, 0.6) is 0 Å². The molecule has 0 unspecified atom stereocenters. The van der Waals surface area contributed by atoms with E-state index >= 15 is 0 Å². The largest absolute Gasteiger partial charge is 0.481 e. The molecule has 32 nitrogen and oxygen atoms in total. The summed E-state index contributed by atoms with van der Waals surface area (Å²) in [6.45, 7) is -3.25. The third kappa shape index (κ3) is 27.1. The highest BCUT2D eigenvalue weighted by Crippen LogP contribution is 2.15. The van der Waals surface area contributed by atoms with E-state index in [4.69, 9.17) is 33.2 Å². The minimum Gasteiger partial charge on any atom is -0.481 e. The number of carbonyl (C=O) groups is 11. The van der Waals surface area contributed by atoms with Crippen LogP contribution in [0, 0.1) is 0 Å². The van der Waals surface area contributed by atoms with Crippen LogP contribution in [-0.4, -0.2) is 196 Å². The Morgan fingerprint density at radius 1 is 0.463 bits per heavy atom. The summed E-state index contributed by atoms with van der Waals surface area (Å²) >= 11 is 0. The first-order chi connectivity index (χ1) is 38.5. The number of nitrogens with zero attached hydrogens (tertiary/aromatic N) is 2. The van der Waals surface area contributed by atoms with E-state index in [9.17, 15) is 84.9 Å². The molecular formula is C48H74N14O18S2. The number of carboxylic acids is 3. The van der Waals surface area contributed by atoms with Crippen molar-refractivity contribution in [3.05, 3.63) is 48.5 Å². The van der Waals surface area contributed by atoms with Crippen molar-refractivity contribution in [3.8, 4) is 0 Å². The lowest BCUT2D eigenvalue weighted by atomic mass is 9.98. The van der Waals surface area contributed by atoms with E-state index in [0.717, 1.165) is 34.1 Å². The Balaban J connectivity index is 2.46. The number of carbonyl (C=O) groups excluding carboxylic acids is 8. The SMILES string of the molecule is NCCCC[C@H](NN[C@@H](CC(=O)O)C(=O)C(=O)[C@@H](N)CCCCN)C(=O)N[C@@H](CC(=O)O)C(=O)N[C@@H](CCCCN)C(=O)C(=O)CN(CCN(CC(=O)O)CC(=O)Nc1ccc(S(N)(=O)=O)cc1)CC(=O)Nc1ccc(S(N)(=O)=O)cc1. The van der Waals surface area contributed by atoms with Crippen LogP contribution in [0.4, 0.5) is 11.4 Å². The molecule has 0 aliphatic rings. The first-order valence-corrected chi connectivity index (χ1v) is 28.7. The molecule has 0 radical (unpaired) electrons. The lowest BCUT2D eigenvalue weighted by molar-refractivity contribution is -0.143. The van der Waals surface area contributed by atoms with Crippen molar-refractivity contribution in [1.82, 2.24) is 31.3 Å². The summed E-state index contributed by atoms with van der Waals surface area (Å²) < 4.78 is 46.9. The Morgan fingerprint density at radius 3 is 1.28 bits per heavy atom. The molecule has 0 fully saturated rings. The molecule has 0 bridgehead atoms. The van der Waals surface area contributed by atoms with Crippen LogP contribution < -0.4 is 65.3 Å². The Bertz CT molecular complexity index is 2770. The van der Waals surface area contributed by atoms with Gasteiger partial charge in [-0.3, -0.25) is 62.5 Å². The van der Waals surface area contributed by atoms with E-state index in [1.807, 2.05) is 0 Å². The molecule has 2 aromatic rings. The first kappa shape index (κ1) is 71.0. The monoisotopic (exact) mass is 1200 g/mol. The van der Waals surface area contributed by atoms with Crippen LogP contribution in [0.2, 0.25) is 0 Å². The van der Waals surface area contributed by atoms with Gasteiger partial charge in [0, 0.05) is 24.5 Å². The molecule has 2 rings (SSSR count). The van der Waals surface area contributed by atoms with Crippen LogP contribution in [-0.2, 0) is 72.8 Å². The van der Waals surface area contributed by atoms with Crippen molar-refractivity contribution >= 4 is 96.1 Å². The van der Waals surface area contributed by atoms with Crippen LogP contribution in [0.1, 0.15) is 70.6 Å². The van der Waals surface area contributed by atoms with Gasteiger partial charge in [-0.25, -0.2) is 38.0 Å². The summed E-state index contributed by atoms with van der Waals surface area (Å²) in [6.07, 6.45) is -0.594. The molecular weight excluding hydrogens is 1120 g/mol. The molecule has 82 heavy (non-hydrogen) atoms. The van der Waals surface area contributed by atoms with Gasteiger partial charge in [0.2, 0.25) is 66.8 Å². The molecule has 34 heteroatoms. The molecule has 0 aliphatic carbocycles. The molecule has 0 saturated carbocycles. The van der Waals surface area contributed by atoms with Gasteiger partial charge in [0.05, 0.1) is 73.0 Å². The third-order valence-electron chi connectivity index (χ3n) is 11.9. The quantitative estimate of drug-likeness (QED) is 0.0168. The van der Waals surface area contributed by atoms with Crippen molar-refractivity contribution in [3.63, 3.8) is 0 Å². The molecule has 0 aliphatic heterocycles. The standard InChI is InChI=1S/C48H74N14O18S2/c49-18-4-1-7-33(52)44(72)46(74)36(23-41(66)67)60-59-35(9-3-6-20-51)47(75)58-37(24-42(68)69)48(76)57-34(8-2-5-19-50)45(73)38(63)25-61(26-39(64)55-29-10-14-31(15-11-29)81(53,77)78)21-22-62(28-43(70)71)27-40(65)56-30-12-16-32(17-13-30)82(54,79)80/h10-17,33-37,59-60H,1-9,18-28,49-52H2,(H,55,64)(H,56,65)(H,57,76)(H,58,75)(H,66,67)(H,68,69)(H,70,71)(H2,53,77,78)(H2,54,79,80)/t33-,34-,35-,36-,37-/m0/s1. The third-order valence-corrected chi connectivity index (χ3v) is 13.8. The topological polar surface area (TPSA) is 552 Å². The van der Waals surface area contributed by atoms with Gasteiger partial charge in [-0.2, -0.15) is 0 Å². The summed E-state index contributed by atoms with van der Waals surface area (Å²) in [7, 11) is -8.20. The number of primary sulfonamides is 2. The smallest absolute Gasteiger partial charge is 0.317 e. The highest BCUT2D eigenvalue weighted by atomic mass is 32.2. The number of hydrazine groups is 1. The Hall–Kier alpha value is -7.09. The molecule has 0 spiro atoms. The Labute approximate surface area is 472 Å². The molecule has 5 atom stereocenters. The summed E-state index contributed by atoms with van der Waals surface area (Å²) in [4.78, 5) is 146. The molecule has 0 heterocycles. The summed E-state index contributed by atoms with van der Waals surface area (Å²) in [5, 5.41) is 48.9. The molecule has 456 valence electrons. The first-order valence-electron chi connectivity index (χ1n) is 25.6. The van der Waals surface area contributed by atoms with E-state index in [1.54, 1.807) is 0 Å². The van der Waals surface area contributed by atoms with Gasteiger partial charge < -0.3 is 59.5 Å². The number of hydrogen-bond donors (Lipinski definition) is 15. The second-order valence-electron chi connectivity index (χ2n) is 18.7. The number of unbranched alkanes of at least 4 members (excludes halogenated alkanes) is 3. The predicted octanol–water partition coefficient (Wildman–Crippen LogP) is -5.01. The number of nitrogens with two attached hydrogens (primary N) is 6. The lowest BCUT2D eigenvalue weighted by Crippen LogP contribution is -2.60. The zero-order valence-corrected chi connectivity index (χ0v) is 46.4. The van der Waals surface area contributed by atoms with Gasteiger partial charge >= 0.3 is 17.9 Å². The number of carboxylic acid groups (broad SMARTS) is 3. The second-order valence-corrected chi connectivity index (χ2v) is 21.9. The van der Waals surface area contributed by atoms with E-state index in [0.29, 0.717) is 19.3 Å². The number of nitrogens with one attached hydrogen (secondary N) is 6. The average molecular weight is 1200 g/mol. The average Bonchev–Trinajstić information content (AvgIpc) is 3.45. The maximum absolute atomic E-state index is 14.1. The van der Waals surface area contributed by atoms with Crippen LogP contribution in [0.25, 0.3) is 0 Å². The second kappa shape index (κ2) is 35.7. The van der Waals surface area contributed by atoms with E-state index in [1.165, 1.54) is 24.3 Å². The zero-order valence-electron chi connectivity index (χ0n) is 44.8. The van der Waals surface area contributed by atoms with Gasteiger partial charge in [0.25, 0.3) is 0 Å². The van der Waals surface area contributed by atoms with Crippen molar-refractivity contribution in [2.45, 2.75) is 111 Å². The summed E-state index contributed by atoms with van der Waals surface area (Å²) in [5.74, 6) is -13.4. The predicted molar refractivity (Wildman–Crippen MR) is 292 cm³/mol. The highest BCUT2D eigenvalue weighted by molar-refractivity contribution is 7.89. The highest BCUT2D eigenvalue weighted by Gasteiger charge is 2.35. The normalized spacial score (nSPS) is 13.5. The van der Waals surface area contributed by atoms with Gasteiger partial charge in [-0.05, 0) is 113 Å². The number of ketones is 4. The summed E-state index contributed by atoms with van der Waals surface area (Å²) in [6, 6.07) is 1.06. The zero-order chi connectivity index (χ0) is 61.7. The van der Waals surface area contributed by atoms with Crippen molar-refractivity contribution in [1.29, 1.82) is 0 Å². The molecule has 0 saturated heterocycles. The van der Waals surface area contributed by atoms with Gasteiger partial charge in [-0.15, -0.1) is 0 Å². The van der Waals surface area contributed by atoms with Crippen LogP contribution in [0.3, 0.4) is 0 Å².